The first-order valence-corrected chi connectivity index (χ1v) is 5.66. The molecule has 0 fully saturated rings. The molecule has 10 heteroatoms. The van der Waals surface area contributed by atoms with E-state index < -0.39 is 4.92 Å². The highest BCUT2D eigenvalue weighted by atomic mass is 79.9. The van der Waals surface area contributed by atoms with Crippen LogP contribution in [-0.4, -0.2) is 30.5 Å². The quantitative estimate of drug-likeness (QED) is 0.646. The van der Waals surface area contributed by atoms with Crippen LogP contribution in [0.1, 0.15) is 18.8 Å². The first kappa shape index (κ1) is 12.4. The van der Waals surface area contributed by atoms with Crippen molar-refractivity contribution < 1.29 is 4.92 Å². The Bertz CT molecular complexity index is 559. The number of nitrogens with zero attached hydrogens (tertiary/aromatic N) is 5. The molecule has 18 heavy (non-hydrogen) atoms. The van der Waals surface area contributed by atoms with Crippen LogP contribution in [0.2, 0.25) is 0 Å². The fraction of sp³-hybridized carbons (Fsp3) is 0.250. The molecule has 2 N–H and O–H groups in total. The molecule has 0 amide bonds. The van der Waals surface area contributed by atoms with Crippen molar-refractivity contribution in [1.82, 2.24) is 25.6 Å². The van der Waals surface area contributed by atoms with E-state index in [4.69, 9.17) is 0 Å². The minimum Gasteiger partial charge on any atom is -0.369 e. The summed E-state index contributed by atoms with van der Waals surface area (Å²) in [7, 11) is 0. The summed E-state index contributed by atoms with van der Waals surface area (Å²) in [5.41, 5.74) is 0.201. The lowest BCUT2D eigenvalue weighted by Crippen LogP contribution is -2.11. The van der Waals surface area contributed by atoms with Gasteiger partial charge in [-0.05, 0) is 22.9 Å². The van der Waals surface area contributed by atoms with Crippen molar-refractivity contribution in [3.05, 3.63) is 32.8 Å². The fourth-order valence-corrected chi connectivity index (χ4v) is 1.78. The number of aromatic nitrogens is 5. The number of tetrazole rings is 1. The third-order valence-corrected chi connectivity index (χ3v) is 2.79. The smallest absolute Gasteiger partial charge is 0.311 e. The van der Waals surface area contributed by atoms with Crippen LogP contribution in [0.4, 0.5) is 11.4 Å². The molecule has 0 aliphatic heterocycles. The standard InChI is InChI=1S/C8H8BrN7O2/c1-4(8-12-14-15-13-8)11-7-5(9)2-10-3-6(7)16(17)18/h2-4H,1H3,(H,10,11)(H,12,13,14,15). The van der Waals surface area contributed by atoms with Crippen molar-refractivity contribution in [2.24, 2.45) is 0 Å². The lowest BCUT2D eigenvalue weighted by Gasteiger charge is -2.12. The van der Waals surface area contributed by atoms with E-state index in [1.165, 1.54) is 12.4 Å². The van der Waals surface area contributed by atoms with Crippen LogP contribution in [0.25, 0.3) is 0 Å². The lowest BCUT2D eigenvalue weighted by atomic mass is 10.2. The monoisotopic (exact) mass is 313 g/mol. The van der Waals surface area contributed by atoms with Gasteiger partial charge in [0.1, 0.15) is 11.9 Å². The average molecular weight is 314 g/mol. The molecule has 9 nitrogen and oxygen atoms in total. The molecule has 0 saturated heterocycles. The van der Waals surface area contributed by atoms with Crippen molar-refractivity contribution in [2.75, 3.05) is 5.32 Å². The highest BCUT2D eigenvalue weighted by Gasteiger charge is 2.20. The summed E-state index contributed by atoms with van der Waals surface area (Å²) >= 11 is 3.21. The molecule has 1 atom stereocenters. The summed E-state index contributed by atoms with van der Waals surface area (Å²) < 4.78 is 0.493. The zero-order valence-corrected chi connectivity index (χ0v) is 10.7. The minimum atomic E-state index is -0.511. The third kappa shape index (κ3) is 2.42. The maximum atomic E-state index is 10.9. The summed E-state index contributed by atoms with van der Waals surface area (Å²) in [5.74, 6) is 0.410. The molecule has 1 unspecified atom stereocenters. The van der Waals surface area contributed by atoms with E-state index in [1.807, 2.05) is 0 Å². The number of nitro groups is 1. The van der Waals surface area contributed by atoms with E-state index in [-0.39, 0.29) is 11.7 Å². The van der Waals surface area contributed by atoms with Crippen molar-refractivity contribution in [3.63, 3.8) is 0 Å². The number of halogens is 1. The van der Waals surface area contributed by atoms with Gasteiger partial charge in [-0.15, -0.1) is 10.2 Å². The molecule has 0 aromatic carbocycles. The maximum Gasteiger partial charge on any atom is 0.311 e. The summed E-state index contributed by atoms with van der Waals surface area (Å²) in [6.07, 6.45) is 2.65. The summed E-state index contributed by atoms with van der Waals surface area (Å²) in [4.78, 5) is 14.1. The SMILES string of the molecule is CC(Nc1c(Br)cncc1[N+](=O)[O-])c1nn[nH]n1. The van der Waals surface area contributed by atoms with E-state index >= 15 is 0 Å². The third-order valence-electron chi connectivity index (χ3n) is 2.19. The van der Waals surface area contributed by atoms with E-state index in [9.17, 15) is 10.1 Å². The molecule has 2 rings (SSSR count). The minimum absolute atomic E-state index is 0.125. The second kappa shape index (κ2) is 5.04. The van der Waals surface area contributed by atoms with Gasteiger partial charge >= 0.3 is 5.69 Å². The van der Waals surface area contributed by atoms with Gasteiger partial charge in [-0.3, -0.25) is 15.1 Å². The summed E-state index contributed by atoms with van der Waals surface area (Å²) in [6.45, 7) is 1.77. The van der Waals surface area contributed by atoms with Crippen LogP contribution in [0.3, 0.4) is 0 Å². The summed E-state index contributed by atoms with van der Waals surface area (Å²) in [5, 5.41) is 27.2. The van der Waals surface area contributed by atoms with Gasteiger partial charge in [0.2, 0.25) is 0 Å². The highest BCUT2D eigenvalue weighted by molar-refractivity contribution is 9.10. The number of hydrogen-bond acceptors (Lipinski definition) is 7. The Kier molecular flexibility index (Phi) is 3.46. The molecule has 0 bridgehead atoms. The molecular weight excluding hydrogens is 306 g/mol. The molecule has 2 aromatic rings. The zero-order chi connectivity index (χ0) is 13.1. The number of rotatable bonds is 4. The van der Waals surface area contributed by atoms with E-state index in [2.05, 4.69) is 46.9 Å². The Balaban J connectivity index is 2.31. The van der Waals surface area contributed by atoms with Crippen LogP contribution in [0.15, 0.2) is 16.9 Å². The molecule has 94 valence electrons. The Hall–Kier alpha value is -2.10. The van der Waals surface area contributed by atoms with Gasteiger partial charge in [0.25, 0.3) is 0 Å². The van der Waals surface area contributed by atoms with Crippen molar-refractivity contribution in [1.29, 1.82) is 0 Å². The second-order valence-electron chi connectivity index (χ2n) is 3.41. The number of aromatic amines is 1. The number of pyridine rings is 1. The Morgan fingerprint density at radius 2 is 2.33 bits per heavy atom. The van der Waals surface area contributed by atoms with Crippen LogP contribution < -0.4 is 5.32 Å². The van der Waals surface area contributed by atoms with Crippen LogP contribution >= 0.6 is 15.9 Å². The predicted molar refractivity (Wildman–Crippen MR) is 64.8 cm³/mol. The number of hydrogen-bond donors (Lipinski definition) is 2. The fourth-order valence-electron chi connectivity index (χ4n) is 1.34. The van der Waals surface area contributed by atoms with Gasteiger partial charge in [0.15, 0.2) is 5.82 Å². The van der Waals surface area contributed by atoms with E-state index in [1.54, 1.807) is 6.92 Å². The van der Waals surface area contributed by atoms with Gasteiger partial charge in [-0.2, -0.15) is 5.21 Å². The van der Waals surface area contributed by atoms with E-state index in [0.29, 0.717) is 16.0 Å². The molecule has 0 aliphatic rings. The second-order valence-corrected chi connectivity index (χ2v) is 4.26. The number of nitrogens with one attached hydrogen (secondary N) is 2. The van der Waals surface area contributed by atoms with Crippen molar-refractivity contribution in [2.45, 2.75) is 13.0 Å². The zero-order valence-electron chi connectivity index (χ0n) is 9.16. The van der Waals surface area contributed by atoms with Crippen LogP contribution in [-0.2, 0) is 0 Å². The van der Waals surface area contributed by atoms with Gasteiger partial charge in [-0.25, -0.2) is 0 Å². The molecule has 0 radical (unpaired) electrons. The number of anilines is 1. The Labute approximate surface area is 109 Å². The van der Waals surface area contributed by atoms with Gasteiger partial charge < -0.3 is 5.32 Å². The predicted octanol–water partition coefficient (Wildman–Crippen LogP) is 1.44. The molecule has 0 spiro atoms. The largest absolute Gasteiger partial charge is 0.369 e. The summed E-state index contributed by atoms with van der Waals surface area (Å²) in [6, 6.07) is -0.332. The van der Waals surface area contributed by atoms with Gasteiger partial charge in [-0.1, -0.05) is 5.21 Å². The Morgan fingerprint density at radius 3 is 2.94 bits per heavy atom. The van der Waals surface area contributed by atoms with Gasteiger partial charge in [0.05, 0.1) is 15.4 Å². The van der Waals surface area contributed by atoms with Crippen molar-refractivity contribution >= 4 is 27.3 Å². The first-order valence-electron chi connectivity index (χ1n) is 4.87. The lowest BCUT2D eigenvalue weighted by molar-refractivity contribution is -0.384. The molecular formula is C8H8BrN7O2. The first-order chi connectivity index (χ1) is 8.59. The molecule has 2 heterocycles. The van der Waals surface area contributed by atoms with Crippen LogP contribution in [0, 0.1) is 10.1 Å². The highest BCUT2D eigenvalue weighted by Crippen LogP contribution is 2.33. The van der Waals surface area contributed by atoms with Gasteiger partial charge in [0, 0.05) is 6.20 Å². The Morgan fingerprint density at radius 1 is 1.56 bits per heavy atom. The van der Waals surface area contributed by atoms with Crippen LogP contribution in [0.5, 0.6) is 0 Å². The van der Waals surface area contributed by atoms with E-state index in [0.717, 1.165) is 0 Å². The average Bonchev–Trinajstić information content (AvgIpc) is 2.85. The maximum absolute atomic E-state index is 10.9. The van der Waals surface area contributed by atoms with Crippen molar-refractivity contribution in [3.8, 4) is 0 Å². The molecule has 2 aromatic heterocycles. The molecule has 0 saturated carbocycles. The normalized spacial score (nSPS) is 12.1. The number of H-pyrrole nitrogens is 1. The topological polar surface area (TPSA) is 123 Å². The molecule has 0 aliphatic carbocycles.